The molecule has 9 nitrogen and oxygen atoms in total. The van der Waals surface area contributed by atoms with Gasteiger partial charge < -0.3 is 4.74 Å². The molecule has 0 unspecified atom stereocenters. The van der Waals surface area contributed by atoms with Gasteiger partial charge in [-0.25, -0.2) is 21.1 Å². The number of hydrogen-bond acceptors (Lipinski definition) is 7. The second-order valence-corrected chi connectivity index (χ2v) is 10.3. The van der Waals surface area contributed by atoms with Gasteiger partial charge in [-0.1, -0.05) is 0 Å². The summed E-state index contributed by atoms with van der Waals surface area (Å²) in [6.07, 6.45) is 0.673. The Hall–Kier alpha value is -1.98. The summed E-state index contributed by atoms with van der Waals surface area (Å²) in [4.78, 5) is 23.4. The lowest BCUT2D eigenvalue weighted by Gasteiger charge is -2.30. The van der Waals surface area contributed by atoms with Crippen LogP contribution in [0.15, 0.2) is 29.2 Å². The third-order valence-corrected chi connectivity index (χ3v) is 8.38. The van der Waals surface area contributed by atoms with Gasteiger partial charge in [-0.05, 0) is 37.1 Å². The van der Waals surface area contributed by atoms with E-state index in [1.807, 2.05) is 0 Å². The van der Waals surface area contributed by atoms with E-state index in [9.17, 15) is 26.4 Å². The normalized spacial score (nSPS) is 21.4. The molecule has 3 rings (SSSR count). The van der Waals surface area contributed by atoms with Gasteiger partial charge in [0.1, 0.15) is 0 Å². The number of amides is 1. The number of ether oxygens (including phenoxy) is 1. The number of esters is 1. The highest BCUT2D eigenvalue weighted by molar-refractivity contribution is 7.94. The molecule has 1 aromatic rings. The molecular weight excluding hydrogens is 396 g/mol. The van der Waals surface area contributed by atoms with Crippen LogP contribution >= 0.6 is 0 Å². The Morgan fingerprint density at radius 1 is 1.15 bits per heavy atom. The van der Waals surface area contributed by atoms with Crippen molar-refractivity contribution in [1.82, 2.24) is 4.31 Å². The number of benzene rings is 1. The lowest BCUT2D eigenvalue weighted by molar-refractivity contribution is -0.146. The molecule has 2 aliphatic heterocycles. The molecule has 2 fully saturated rings. The van der Waals surface area contributed by atoms with Crippen LogP contribution in [0.5, 0.6) is 0 Å². The van der Waals surface area contributed by atoms with E-state index in [2.05, 4.69) is 0 Å². The molecule has 0 radical (unpaired) electrons. The summed E-state index contributed by atoms with van der Waals surface area (Å²) >= 11 is 0. The average Bonchev–Trinajstić information content (AvgIpc) is 2.94. The van der Waals surface area contributed by atoms with Gasteiger partial charge in [-0.3, -0.25) is 9.59 Å². The summed E-state index contributed by atoms with van der Waals surface area (Å²) in [5.74, 6) is -1.43. The monoisotopic (exact) mass is 416 g/mol. The first-order chi connectivity index (χ1) is 12.7. The molecule has 0 N–H and O–H groups in total. The van der Waals surface area contributed by atoms with Crippen molar-refractivity contribution in [2.24, 2.45) is 5.92 Å². The van der Waals surface area contributed by atoms with E-state index in [1.165, 1.54) is 35.7 Å². The van der Waals surface area contributed by atoms with Gasteiger partial charge in [-0.2, -0.15) is 4.31 Å². The largest absolute Gasteiger partial charge is 0.469 e. The number of rotatable bonds is 4. The zero-order valence-corrected chi connectivity index (χ0v) is 16.3. The predicted octanol–water partition coefficient (Wildman–Crippen LogP) is 0.327. The van der Waals surface area contributed by atoms with Crippen molar-refractivity contribution in [3.05, 3.63) is 24.3 Å². The maximum absolute atomic E-state index is 12.8. The van der Waals surface area contributed by atoms with Crippen LogP contribution in [0.2, 0.25) is 0 Å². The molecule has 27 heavy (non-hydrogen) atoms. The molecule has 2 aliphatic rings. The van der Waals surface area contributed by atoms with Gasteiger partial charge in [0, 0.05) is 19.5 Å². The van der Waals surface area contributed by atoms with Crippen molar-refractivity contribution in [2.45, 2.75) is 24.2 Å². The van der Waals surface area contributed by atoms with Gasteiger partial charge >= 0.3 is 5.97 Å². The molecule has 2 heterocycles. The zero-order valence-electron chi connectivity index (χ0n) is 14.7. The van der Waals surface area contributed by atoms with E-state index in [0.29, 0.717) is 17.1 Å². The summed E-state index contributed by atoms with van der Waals surface area (Å²) in [6.45, 7) is 0.395. The Bertz CT molecular complexity index is 947. The van der Waals surface area contributed by atoms with Crippen LogP contribution in [0.4, 0.5) is 5.69 Å². The number of carbonyl (C=O) groups excluding carboxylic acids is 2. The van der Waals surface area contributed by atoms with Crippen LogP contribution in [0.1, 0.15) is 19.3 Å². The third kappa shape index (κ3) is 3.71. The first kappa shape index (κ1) is 19.8. The summed E-state index contributed by atoms with van der Waals surface area (Å²) in [5.41, 5.74) is 0.126. The van der Waals surface area contributed by atoms with Crippen molar-refractivity contribution >= 4 is 37.6 Å². The van der Waals surface area contributed by atoms with E-state index < -0.39 is 26.0 Å². The van der Waals surface area contributed by atoms with E-state index in [1.54, 1.807) is 0 Å². The topological polar surface area (TPSA) is 118 Å². The molecular formula is C16H20N2O7S2. The van der Waals surface area contributed by atoms with E-state index >= 15 is 0 Å². The van der Waals surface area contributed by atoms with E-state index in [4.69, 9.17) is 4.74 Å². The number of hydrogen-bond donors (Lipinski definition) is 0. The first-order valence-corrected chi connectivity index (χ1v) is 11.5. The summed E-state index contributed by atoms with van der Waals surface area (Å²) < 4.78 is 56.1. The zero-order chi connectivity index (χ0) is 19.8. The second-order valence-electron chi connectivity index (χ2n) is 6.42. The molecule has 2 saturated heterocycles. The van der Waals surface area contributed by atoms with E-state index in [0.717, 1.165) is 0 Å². The summed E-state index contributed by atoms with van der Waals surface area (Å²) in [7, 11) is -6.16. The number of sulfonamides is 2. The molecule has 1 amide bonds. The Morgan fingerprint density at radius 3 is 2.22 bits per heavy atom. The number of carbonyl (C=O) groups is 2. The molecule has 0 atom stereocenters. The SMILES string of the molecule is COC(=O)C1CCN(S(=O)(=O)c2ccc(N3C(=O)CCS3(=O)=O)cc2)CC1. The van der Waals surface area contributed by atoms with Gasteiger partial charge in [0.15, 0.2) is 0 Å². The van der Waals surface area contributed by atoms with Crippen LogP contribution in [0.25, 0.3) is 0 Å². The number of methoxy groups -OCH3 is 1. The van der Waals surface area contributed by atoms with Crippen LogP contribution in [0.3, 0.4) is 0 Å². The fourth-order valence-corrected chi connectivity index (χ4v) is 6.20. The Balaban J connectivity index is 1.77. The third-order valence-electron chi connectivity index (χ3n) is 4.78. The molecule has 0 aliphatic carbocycles. The minimum absolute atomic E-state index is 0.00631. The molecule has 1 aromatic carbocycles. The highest BCUT2D eigenvalue weighted by Gasteiger charge is 2.37. The van der Waals surface area contributed by atoms with Crippen molar-refractivity contribution in [2.75, 3.05) is 30.3 Å². The number of piperidine rings is 1. The second kappa shape index (κ2) is 7.21. The highest BCUT2D eigenvalue weighted by Crippen LogP contribution is 2.28. The maximum Gasteiger partial charge on any atom is 0.308 e. The first-order valence-electron chi connectivity index (χ1n) is 8.40. The van der Waals surface area contributed by atoms with Gasteiger partial charge in [0.25, 0.3) is 0 Å². The Labute approximate surface area is 158 Å². The minimum Gasteiger partial charge on any atom is -0.469 e. The van der Waals surface area contributed by atoms with Crippen LogP contribution < -0.4 is 4.31 Å². The van der Waals surface area contributed by atoms with Crippen LogP contribution in [0, 0.1) is 5.92 Å². The smallest absolute Gasteiger partial charge is 0.308 e. The van der Waals surface area contributed by atoms with Gasteiger partial charge in [-0.15, -0.1) is 0 Å². The maximum atomic E-state index is 12.8. The molecule has 0 saturated carbocycles. The quantitative estimate of drug-likeness (QED) is 0.649. The van der Waals surface area contributed by atoms with Gasteiger partial charge in [0.05, 0.1) is 29.4 Å². The van der Waals surface area contributed by atoms with Crippen molar-refractivity contribution in [3.63, 3.8) is 0 Å². The molecule has 0 bridgehead atoms. The Kier molecular flexibility index (Phi) is 5.28. The Morgan fingerprint density at radius 2 is 1.74 bits per heavy atom. The summed E-state index contributed by atoms with van der Waals surface area (Å²) in [6, 6.07) is 5.21. The number of nitrogens with zero attached hydrogens (tertiary/aromatic N) is 2. The van der Waals surface area contributed by atoms with Crippen molar-refractivity contribution < 1.29 is 31.2 Å². The molecule has 0 aromatic heterocycles. The van der Waals surface area contributed by atoms with Gasteiger partial charge in [0.2, 0.25) is 26.0 Å². The molecule has 148 valence electrons. The standard InChI is InChI=1S/C16H20N2O7S2/c1-25-16(20)12-6-9-17(10-7-12)27(23,24)14-4-2-13(3-5-14)18-15(19)8-11-26(18,21)22/h2-5,12H,6-11H2,1H3. The number of anilines is 1. The van der Waals surface area contributed by atoms with Crippen molar-refractivity contribution in [3.8, 4) is 0 Å². The van der Waals surface area contributed by atoms with Crippen molar-refractivity contribution in [1.29, 1.82) is 0 Å². The van der Waals surface area contributed by atoms with Crippen LogP contribution in [-0.4, -0.2) is 59.0 Å². The minimum atomic E-state index is -3.77. The van der Waals surface area contributed by atoms with Crippen LogP contribution in [-0.2, 0) is 34.4 Å². The fraction of sp³-hybridized carbons (Fsp3) is 0.500. The fourth-order valence-electron chi connectivity index (χ4n) is 3.27. The lowest BCUT2D eigenvalue weighted by atomic mass is 9.99. The van der Waals surface area contributed by atoms with E-state index in [-0.39, 0.29) is 47.7 Å². The molecule has 0 spiro atoms. The summed E-state index contributed by atoms with van der Waals surface area (Å²) in [5, 5.41) is 0. The average molecular weight is 416 g/mol. The lowest BCUT2D eigenvalue weighted by Crippen LogP contribution is -2.40. The highest BCUT2D eigenvalue weighted by atomic mass is 32.2. The predicted molar refractivity (Wildman–Crippen MR) is 95.8 cm³/mol. The molecule has 11 heteroatoms.